The van der Waals surface area contributed by atoms with Crippen LogP contribution < -0.4 is 0 Å². The molecular formula is C30H50O2. The van der Waals surface area contributed by atoms with E-state index < -0.39 is 0 Å². The number of aliphatic hydroxyl groups excluding tert-OH is 1. The van der Waals surface area contributed by atoms with Crippen LogP contribution in [0.4, 0.5) is 0 Å². The molecule has 2 heteroatoms. The molecule has 2 nitrogen and oxygen atoms in total. The van der Waals surface area contributed by atoms with E-state index >= 15 is 0 Å². The molecule has 5 aliphatic rings. The molecule has 32 heavy (non-hydrogen) atoms. The van der Waals surface area contributed by atoms with Gasteiger partial charge in [0.05, 0.1) is 0 Å². The molecule has 0 bridgehead atoms. The number of fused-ring (bicyclic) bond motifs is 7. The smallest absolute Gasteiger partial charge is 0.136 e. The first-order chi connectivity index (χ1) is 14.8. The number of carbonyl (C=O) groups is 1. The molecule has 1 N–H and O–H groups in total. The van der Waals surface area contributed by atoms with Gasteiger partial charge in [0.15, 0.2) is 0 Å². The van der Waals surface area contributed by atoms with Gasteiger partial charge in [-0.2, -0.15) is 0 Å². The van der Waals surface area contributed by atoms with Gasteiger partial charge in [-0.25, -0.2) is 0 Å². The molecule has 0 aromatic rings. The fourth-order valence-corrected chi connectivity index (χ4v) is 11.3. The van der Waals surface area contributed by atoms with Gasteiger partial charge in [0.2, 0.25) is 0 Å². The topological polar surface area (TPSA) is 37.3 Å². The molecule has 5 rings (SSSR count). The maximum Gasteiger partial charge on any atom is 0.136 e. The van der Waals surface area contributed by atoms with Gasteiger partial charge in [-0.1, -0.05) is 48.5 Å². The molecule has 0 unspecified atom stereocenters. The summed E-state index contributed by atoms with van der Waals surface area (Å²) in [5.41, 5.74) is 1.59. The standard InChI is InChI=1S/C30H50O2/c1-20-21(32)8-9-22-27(20,5)11-10-23-28(22,6)15-16-29(7)24-18-25(2,3)12-13-26(24,4)14-17-30(23,29)19-31/h20,22-24,31H,8-19H2,1-7H3/t20-,22-,23+,24+,26+,27+,28-,29-,30-/m0/s1. The first-order valence-corrected chi connectivity index (χ1v) is 13.9. The zero-order valence-corrected chi connectivity index (χ0v) is 22.2. The Morgan fingerprint density at radius 2 is 1.47 bits per heavy atom. The average molecular weight is 443 g/mol. The van der Waals surface area contributed by atoms with E-state index in [1.54, 1.807) is 0 Å². The van der Waals surface area contributed by atoms with Gasteiger partial charge in [0.1, 0.15) is 5.78 Å². The maximum absolute atomic E-state index is 12.7. The highest BCUT2D eigenvalue weighted by molar-refractivity contribution is 5.82. The van der Waals surface area contributed by atoms with Crippen molar-refractivity contribution in [3.63, 3.8) is 0 Å². The Morgan fingerprint density at radius 1 is 0.781 bits per heavy atom. The molecule has 9 atom stereocenters. The van der Waals surface area contributed by atoms with Gasteiger partial charge in [0, 0.05) is 24.4 Å². The first kappa shape index (κ1) is 23.4. The summed E-state index contributed by atoms with van der Waals surface area (Å²) in [5, 5.41) is 11.3. The van der Waals surface area contributed by atoms with Gasteiger partial charge in [-0.3, -0.25) is 4.79 Å². The van der Waals surface area contributed by atoms with E-state index in [2.05, 4.69) is 48.5 Å². The largest absolute Gasteiger partial charge is 0.396 e. The lowest BCUT2D eigenvalue weighted by Crippen LogP contribution is -2.69. The Bertz CT molecular complexity index is 801. The summed E-state index contributed by atoms with van der Waals surface area (Å²) in [4.78, 5) is 12.7. The lowest BCUT2D eigenvalue weighted by molar-refractivity contribution is -0.272. The normalized spacial score (nSPS) is 57.1. The SMILES string of the molecule is C[C@H]1C(=O)CC[C@@H]2[C@]3(C)CC[C@@]4(C)[C@@H]5CC(C)(C)CC[C@]5(C)CC[C@]4(CO)[C@@H]3CC[C@@]21C. The van der Waals surface area contributed by atoms with Gasteiger partial charge in [-0.05, 0) is 109 Å². The number of hydrogen-bond acceptors (Lipinski definition) is 2. The summed E-state index contributed by atoms with van der Waals surface area (Å²) in [6.45, 7) is 17.8. The second-order valence-electron chi connectivity index (χ2n) is 15.2. The van der Waals surface area contributed by atoms with E-state index in [9.17, 15) is 9.90 Å². The molecule has 0 spiro atoms. The monoisotopic (exact) mass is 442 g/mol. The predicted octanol–water partition coefficient (Wildman–Crippen LogP) is 7.43. The lowest BCUT2D eigenvalue weighted by atomic mass is 9.30. The van der Waals surface area contributed by atoms with Crippen molar-refractivity contribution in [2.45, 2.75) is 119 Å². The van der Waals surface area contributed by atoms with Crippen LogP contribution >= 0.6 is 0 Å². The van der Waals surface area contributed by atoms with E-state index in [-0.39, 0.29) is 27.6 Å². The molecule has 5 aliphatic carbocycles. The molecule has 0 amide bonds. The molecule has 5 fully saturated rings. The van der Waals surface area contributed by atoms with Crippen LogP contribution in [-0.2, 0) is 4.79 Å². The molecule has 182 valence electrons. The summed E-state index contributed by atoms with van der Waals surface area (Å²) in [5.74, 6) is 2.66. The van der Waals surface area contributed by atoms with E-state index in [4.69, 9.17) is 0 Å². The number of rotatable bonds is 1. The van der Waals surface area contributed by atoms with Crippen molar-refractivity contribution in [3.05, 3.63) is 0 Å². The summed E-state index contributed by atoms with van der Waals surface area (Å²) >= 11 is 0. The van der Waals surface area contributed by atoms with E-state index in [0.717, 1.165) is 18.8 Å². The van der Waals surface area contributed by atoms with Crippen LogP contribution in [0.25, 0.3) is 0 Å². The van der Waals surface area contributed by atoms with Crippen molar-refractivity contribution in [2.24, 2.45) is 56.2 Å². The fourth-order valence-electron chi connectivity index (χ4n) is 11.3. The minimum absolute atomic E-state index is 0.0591. The Morgan fingerprint density at radius 3 is 2.16 bits per heavy atom. The number of carbonyl (C=O) groups excluding carboxylic acids is 1. The van der Waals surface area contributed by atoms with Crippen LogP contribution in [-0.4, -0.2) is 17.5 Å². The van der Waals surface area contributed by atoms with Crippen molar-refractivity contribution in [1.82, 2.24) is 0 Å². The minimum Gasteiger partial charge on any atom is -0.396 e. The molecule has 0 saturated heterocycles. The summed E-state index contributed by atoms with van der Waals surface area (Å²) < 4.78 is 0. The van der Waals surface area contributed by atoms with Crippen LogP contribution in [0.1, 0.15) is 119 Å². The van der Waals surface area contributed by atoms with Gasteiger partial charge in [-0.15, -0.1) is 0 Å². The van der Waals surface area contributed by atoms with Crippen LogP contribution in [0.5, 0.6) is 0 Å². The Hall–Kier alpha value is -0.370. The van der Waals surface area contributed by atoms with Crippen molar-refractivity contribution in [3.8, 4) is 0 Å². The van der Waals surface area contributed by atoms with Crippen molar-refractivity contribution < 1.29 is 9.90 Å². The van der Waals surface area contributed by atoms with Crippen molar-refractivity contribution in [2.75, 3.05) is 6.61 Å². The highest BCUT2D eigenvalue weighted by atomic mass is 16.3. The van der Waals surface area contributed by atoms with Crippen molar-refractivity contribution in [1.29, 1.82) is 0 Å². The molecule has 0 aliphatic heterocycles. The molecule has 0 heterocycles. The highest BCUT2D eigenvalue weighted by Gasteiger charge is 2.72. The second kappa shape index (κ2) is 6.86. The summed E-state index contributed by atoms with van der Waals surface area (Å²) in [6.07, 6.45) is 13.4. The molecule has 5 saturated carbocycles. The number of ketones is 1. The number of Topliss-reactive ketones (excluding diaryl/α,β-unsaturated/α-hetero) is 1. The maximum atomic E-state index is 12.7. The molecule has 0 aromatic heterocycles. The van der Waals surface area contributed by atoms with E-state index in [0.29, 0.717) is 35.1 Å². The highest BCUT2D eigenvalue weighted by Crippen LogP contribution is 2.78. The predicted molar refractivity (Wildman–Crippen MR) is 131 cm³/mol. The molecule has 0 radical (unpaired) electrons. The third kappa shape index (κ3) is 2.71. The van der Waals surface area contributed by atoms with Crippen LogP contribution in [0.15, 0.2) is 0 Å². The quantitative estimate of drug-likeness (QED) is 0.458. The average Bonchev–Trinajstić information content (AvgIpc) is 2.73. The lowest BCUT2D eigenvalue weighted by Gasteiger charge is -2.75. The minimum atomic E-state index is 0.0591. The molecule has 0 aromatic carbocycles. The van der Waals surface area contributed by atoms with Crippen LogP contribution in [0.2, 0.25) is 0 Å². The van der Waals surface area contributed by atoms with Gasteiger partial charge in [0.25, 0.3) is 0 Å². The Labute approximate surface area is 197 Å². The zero-order valence-electron chi connectivity index (χ0n) is 22.2. The third-order valence-corrected chi connectivity index (χ3v) is 13.7. The third-order valence-electron chi connectivity index (χ3n) is 13.7. The second-order valence-corrected chi connectivity index (χ2v) is 15.2. The van der Waals surface area contributed by atoms with Crippen LogP contribution in [0, 0.1) is 56.2 Å². The van der Waals surface area contributed by atoms with Crippen LogP contribution in [0.3, 0.4) is 0 Å². The van der Waals surface area contributed by atoms with E-state index in [1.165, 1.54) is 57.8 Å². The van der Waals surface area contributed by atoms with E-state index in [1.807, 2.05) is 0 Å². The summed E-state index contributed by atoms with van der Waals surface area (Å²) in [7, 11) is 0. The molecular weight excluding hydrogens is 392 g/mol. The Balaban J connectivity index is 1.58. The van der Waals surface area contributed by atoms with Crippen molar-refractivity contribution >= 4 is 5.78 Å². The first-order valence-electron chi connectivity index (χ1n) is 13.9. The summed E-state index contributed by atoms with van der Waals surface area (Å²) in [6, 6.07) is 0. The fraction of sp³-hybridized carbons (Fsp3) is 0.967. The number of aliphatic hydroxyl groups is 1. The number of hydrogen-bond donors (Lipinski definition) is 1. The van der Waals surface area contributed by atoms with Gasteiger partial charge >= 0.3 is 0 Å². The Kier molecular flexibility index (Phi) is 5.01. The van der Waals surface area contributed by atoms with Gasteiger partial charge < -0.3 is 5.11 Å². The zero-order chi connectivity index (χ0) is 23.4.